The quantitative estimate of drug-likeness (QED) is 0.695. The highest BCUT2D eigenvalue weighted by molar-refractivity contribution is 7.89. The summed E-state index contributed by atoms with van der Waals surface area (Å²) < 4.78 is 24.8. The van der Waals surface area contributed by atoms with Crippen LogP contribution in [0.5, 0.6) is 0 Å². The average Bonchev–Trinajstić information content (AvgIpc) is 2.11. The number of carbonyl (C=O) groups is 1. The molecule has 0 bridgehead atoms. The van der Waals surface area contributed by atoms with Crippen LogP contribution in [0, 0.1) is 5.92 Å². The molecule has 0 radical (unpaired) electrons. The van der Waals surface area contributed by atoms with E-state index < -0.39 is 10.0 Å². The normalized spacial score (nSPS) is 12.0. The van der Waals surface area contributed by atoms with Crippen molar-refractivity contribution in [3.05, 3.63) is 0 Å². The van der Waals surface area contributed by atoms with Crippen molar-refractivity contribution in [1.29, 1.82) is 0 Å². The van der Waals surface area contributed by atoms with E-state index in [4.69, 9.17) is 0 Å². The minimum atomic E-state index is -3.24. The Bertz CT molecular complexity index is 270. The highest BCUT2D eigenvalue weighted by Gasteiger charge is 2.13. The molecule has 0 aromatic heterocycles. The summed E-state index contributed by atoms with van der Waals surface area (Å²) >= 11 is 0. The maximum Gasteiger partial charge on any atom is 0.211 e. The van der Waals surface area contributed by atoms with Gasteiger partial charge in [0.2, 0.25) is 10.0 Å². The molecule has 0 unspecified atom stereocenters. The Morgan fingerprint density at radius 3 is 2.36 bits per heavy atom. The van der Waals surface area contributed by atoms with Gasteiger partial charge in [0.1, 0.15) is 5.78 Å². The van der Waals surface area contributed by atoms with Crippen LogP contribution in [0.4, 0.5) is 0 Å². The third-order valence-electron chi connectivity index (χ3n) is 1.88. The second kappa shape index (κ2) is 6.14. The molecule has 0 saturated carbocycles. The van der Waals surface area contributed by atoms with Gasteiger partial charge < -0.3 is 0 Å². The van der Waals surface area contributed by atoms with Crippen molar-refractivity contribution in [2.75, 3.05) is 12.3 Å². The van der Waals surface area contributed by atoms with E-state index in [1.54, 1.807) is 13.8 Å². The molecule has 0 aliphatic carbocycles. The first kappa shape index (κ1) is 13.6. The van der Waals surface area contributed by atoms with Crippen LogP contribution in [0.1, 0.15) is 33.6 Å². The predicted octanol–water partition coefficient (Wildman–Crippen LogP) is 0.931. The van der Waals surface area contributed by atoms with Gasteiger partial charge in [-0.1, -0.05) is 27.2 Å². The summed E-state index contributed by atoms with van der Waals surface area (Å²) in [4.78, 5) is 11.1. The molecule has 0 aliphatic heterocycles. The van der Waals surface area contributed by atoms with Gasteiger partial charge in [-0.2, -0.15) is 0 Å². The van der Waals surface area contributed by atoms with Crippen LogP contribution >= 0.6 is 0 Å². The summed E-state index contributed by atoms with van der Waals surface area (Å²) in [6.07, 6.45) is 1.46. The van der Waals surface area contributed by atoms with Crippen LogP contribution in [0.15, 0.2) is 0 Å². The van der Waals surface area contributed by atoms with Crippen molar-refractivity contribution in [3.8, 4) is 0 Å². The van der Waals surface area contributed by atoms with Crippen LogP contribution in [0.3, 0.4) is 0 Å². The number of unbranched alkanes of at least 4 members (excludes halogenated alkanes) is 1. The molecule has 0 amide bonds. The highest BCUT2D eigenvalue weighted by atomic mass is 32.2. The van der Waals surface area contributed by atoms with Crippen LogP contribution in [-0.2, 0) is 14.8 Å². The lowest BCUT2D eigenvalue weighted by molar-refractivity contribution is -0.120. The molecule has 0 aliphatic rings. The molecule has 0 fully saturated rings. The first-order chi connectivity index (χ1) is 6.39. The standard InChI is InChI=1S/C9H19NO3S/c1-4-5-6-14(12,13)10-7-9(11)8(2)3/h8,10H,4-7H2,1-3H3. The smallest absolute Gasteiger partial charge is 0.211 e. The highest BCUT2D eigenvalue weighted by Crippen LogP contribution is 1.96. The lowest BCUT2D eigenvalue weighted by Crippen LogP contribution is -2.33. The molecule has 0 rings (SSSR count). The molecule has 0 spiro atoms. The Balaban J connectivity index is 3.94. The molecule has 0 atom stereocenters. The minimum absolute atomic E-state index is 0.0786. The average molecular weight is 221 g/mol. The van der Waals surface area contributed by atoms with Crippen molar-refractivity contribution < 1.29 is 13.2 Å². The number of Topliss-reactive ketones (excluding diaryl/α,β-unsaturated/α-hetero) is 1. The zero-order valence-electron chi connectivity index (χ0n) is 9.04. The van der Waals surface area contributed by atoms with E-state index in [0.717, 1.165) is 6.42 Å². The largest absolute Gasteiger partial charge is 0.298 e. The predicted molar refractivity (Wildman–Crippen MR) is 56.5 cm³/mol. The maximum atomic E-state index is 11.3. The van der Waals surface area contributed by atoms with Gasteiger partial charge in [-0.3, -0.25) is 4.79 Å². The number of carbonyl (C=O) groups excluding carboxylic acids is 1. The Labute approximate surface area is 86.1 Å². The maximum absolute atomic E-state index is 11.3. The number of nitrogens with one attached hydrogen (secondary N) is 1. The lowest BCUT2D eigenvalue weighted by atomic mass is 10.1. The molecule has 0 saturated heterocycles. The van der Waals surface area contributed by atoms with E-state index in [1.165, 1.54) is 0 Å². The minimum Gasteiger partial charge on any atom is -0.298 e. The summed E-state index contributed by atoms with van der Waals surface area (Å²) in [5.74, 6) is -0.0940. The Morgan fingerprint density at radius 2 is 1.93 bits per heavy atom. The Morgan fingerprint density at radius 1 is 1.36 bits per heavy atom. The second-order valence-electron chi connectivity index (χ2n) is 3.61. The third-order valence-corrected chi connectivity index (χ3v) is 3.29. The number of sulfonamides is 1. The van der Waals surface area contributed by atoms with E-state index in [0.29, 0.717) is 6.42 Å². The van der Waals surface area contributed by atoms with E-state index in [9.17, 15) is 13.2 Å². The molecule has 1 N–H and O–H groups in total. The van der Waals surface area contributed by atoms with Gasteiger partial charge in [0, 0.05) is 5.92 Å². The Kier molecular flexibility index (Phi) is 5.95. The van der Waals surface area contributed by atoms with Crippen LogP contribution in [-0.4, -0.2) is 26.5 Å². The SMILES string of the molecule is CCCCS(=O)(=O)NCC(=O)C(C)C. The van der Waals surface area contributed by atoms with Gasteiger partial charge in [0.05, 0.1) is 12.3 Å². The van der Waals surface area contributed by atoms with Gasteiger partial charge in [-0.15, -0.1) is 0 Å². The van der Waals surface area contributed by atoms with Crippen molar-refractivity contribution >= 4 is 15.8 Å². The summed E-state index contributed by atoms with van der Waals surface area (Å²) in [5, 5.41) is 0. The molecule has 14 heavy (non-hydrogen) atoms. The van der Waals surface area contributed by atoms with Crippen LogP contribution < -0.4 is 4.72 Å². The third kappa shape index (κ3) is 6.10. The lowest BCUT2D eigenvalue weighted by Gasteiger charge is -2.06. The molecular formula is C9H19NO3S. The molecule has 0 aromatic carbocycles. The van der Waals surface area contributed by atoms with E-state index in [2.05, 4.69) is 4.72 Å². The van der Waals surface area contributed by atoms with Crippen LogP contribution in [0.25, 0.3) is 0 Å². The number of hydrogen-bond acceptors (Lipinski definition) is 3. The fraction of sp³-hybridized carbons (Fsp3) is 0.889. The molecule has 5 heteroatoms. The monoisotopic (exact) mass is 221 g/mol. The van der Waals surface area contributed by atoms with Crippen molar-refractivity contribution in [2.24, 2.45) is 5.92 Å². The molecule has 0 aromatic rings. The molecular weight excluding hydrogens is 202 g/mol. The number of rotatable bonds is 7. The van der Waals surface area contributed by atoms with Gasteiger partial charge in [-0.25, -0.2) is 13.1 Å². The number of ketones is 1. The van der Waals surface area contributed by atoms with Gasteiger partial charge in [0.25, 0.3) is 0 Å². The molecule has 4 nitrogen and oxygen atoms in total. The van der Waals surface area contributed by atoms with Crippen molar-refractivity contribution in [3.63, 3.8) is 0 Å². The van der Waals surface area contributed by atoms with Crippen molar-refractivity contribution in [2.45, 2.75) is 33.6 Å². The summed E-state index contributed by atoms with van der Waals surface area (Å²) in [6, 6.07) is 0. The van der Waals surface area contributed by atoms with E-state index in [1.807, 2.05) is 6.92 Å². The second-order valence-corrected chi connectivity index (χ2v) is 5.54. The summed E-state index contributed by atoms with van der Waals surface area (Å²) in [5.41, 5.74) is 0. The van der Waals surface area contributed by atoms with Gasteiger partial charge in [-0.05, 0) is 6.42 Å². The fourth-order valence-electron chi connectivity index (χ4n) is 0.792. The van der Waals surface area contributed by atoms with Gasteiger partial charge >= 0.3 is 0 Å². The van der Waals surface area contributed by atoms with E-state index >= 15 is 0 Å². The van der Waals surface area contributed by atoms with E-state index in [-0.39, 0.29) is 24.0 Å². The first-order valence-corrected chi connectivity index (χ1v) is 6.54. The van der Waals surface area contributed by atoms with Crippen molar-refractivity contribution in [1.82, 2.24) is 4.72 Å². The fourth-order valence-corrected chi connectivity index (χ4v) is 1.97. The molecule has 0 heterocycles. The van der Waals surface area contributed by atoms with Gasteiger partial charge in [0.15, 0.2) is 0 Å². The zero-order chi connectivity index (χ0) is 11.2. The summed E-state index contributed by atoms with van der Waals surface area (Å²) in [6.45, 7) is 5.35. The number of hydrogen-bond donors (Lipinski definition) is 1. The Hall–Kier alpha value is -0.420. The topological polar surface area (TPSA) is 63.2 Å². The first-order valence-electron chi connectivity index (χ1n) is 4.89. The summed E-state index contributed by atoms with van der Waals surface area (Å²) in [7, 11) is -3.24. The van der Waals surface area contributed by atoms with Crippen LogP contribution in [0.2, 0.25) is 0 Å². The zero-order valence-corrected chi connectivity index (χ0v) is 9.86. The molecule has 84 valence electrons.